The molecule has 14 heavy (non-hydrogen) atoms. The number of nitrogens with zero attached hydrogens (tertiary/aromatic N) is 1. The van der Waals surface area contributed by atoms with Gasteiger partial charge in [0, 0.05) is 23.1 Å². The first-order chi connectivity index (χ1) is 6.77. The molecule has 2 unspecified atom stereocenters. The topological polar surface area (TPSA) is 62.2 Å². The molecule has 1 aromatic rings. The summed E-state index contributed by atoms with van der Waals surface area (Å²) in [4.78, 5) is 15.0. The van der Waals surface area contributed by atoms with Gasteiger partial charge in [-0.15, -0.1) is 11.3 Å². The minimum Gasteiger partial charge on any atom is -0.480 e. The van der Waals surface area contributed by atoms with Crippen LogP contribution in [0.4, 0.5) is 0 Å². The molecule has 0 spiro atoms. The molecule has 2 atom stereocenters. The van der Waals surface area contributed by atoms with Crippen LogP contribution in [-0.2, 0) is 4.79 Å². The Kier molecular flexibility index (Phi) is 3.05. The summed E-state index contributed by atoms with van der Waals surface area (Å²) in [5.41, 5.74) is 0. The van der Waals surface area contributed by atoms with Gasteiger partial charge in [-0.25, -0.2) is 4.98 Å². The number of rotatable bonds is 2. The lowest BCUT2D eigenvalue weighted by Gasteiger charge is -2.26. The second-order valence-corrected chi connectivity index (χ2v) is 5.02. The molecule has 0 radical (unpaired) electrons. The van der Waals surface area contributed by atoms with Crippen molar-refractivity contribution >= 4 is 29.1 Å². The molecular formula is C8H10N2O2S2. The minimum absolute atomic E-state index is 0.0925. The van der Waals surface area contributed by atoms with Gasteiger partial charge >= 0.3 is 5.97 Å². The standard InChI is InChI=1S/C8H10N2O2S2/c11-8(12)6-4-13-3-5(10-6)7-9-1-2-14-7/h1-2,5-6,10H,3-4H2,(H,11,12). The monoisotopic (exact) mass is 230 g/mol. The summed E-state index contributed by atoms with van der Waals surface area (Å²) < 4.78 is 0. The Labute approximate surface area is 89.7 Å². The average Bonchev–Trinajstić information content (AvgIpc) is 2.71. The van der Waals surface area contributed by atoms with Crippen molar-refractivity contribution in [2.24, 2.45) is 0 Å². The van der Waals surface area contributed by atoms with Crippen LogP contribution in [0.3, 0.4) is 0 Å². The van der Waals surface area contributed by atoms with Crippen molar-refractivity contribution in [2.75, 3.05) is 11.5 Å². The van der Waals surface area contributed by atoms with Gasteiger partial charge in [0.15, 0.2) is 0 Å². The number of carboxylic acid groups (broad SMARTS) is 1. The predicted molar refractivity (Wildman–Crippen MR) is 56.7 cm³/mol. The van der Waals surface area contributed by atoms with E-state index in [1.54, 1.807) is 29.3 Å². The van der Waals surface area contributed by atoms with E-state index in [2.05, 4.69) is 10.3 Å². The van der Waals surface area contributed by atoms with Crippen LogP contribution in [0.2, 0.25) is 0 Å². The highest BCUT2D eigenvalue weighted by Crippen LogP contribution is 2.25. The molecule has 2 N–H and O–H groups in total. The molecule has 2 heterocycles. The number of aromatic nitrogens is 1. The normalized spacial score (nSPS) is 27.4. The largest absolute Gasteiger partial charge is 0.480 e. The van der Waals surface area contributed by atoms with Gasteiger partial charge in [-0.1, -0.05) is 0 Å². The number of hydrogen-bond acceptors (Lipinski definition) is 5. The van der Waals surface area contributed by atoms with Crippen molar-refractivity contribution in [3.63, 3.8) is 0 Å². The van der Waals surface area contributed by atoms with Gasteiger partial charge in [-0.3, -0.25) is 10.1 Å². The van der Waals surface area contributed by atoms with Gasteiger partial charge < -0.3 is 5.11 Å². The Morgan fingerprint density at radius 1 is 1.64 bits per heavy atom. The first-order valence-corrected chi connectivity index (χ1v) is 6.27. The highest BCUT2D eigenvalue weighted by Gasteiger charge is 2.28. The number of carboxylic acids is 1. The van der Waals surface area contributed by atoms with E-state index in [0.29, 0.717) is 5.75 Å². The van der Waals surface area contributed by atoms with Gasteiger partial charge in [0.1, 0.15) is 11.0 Å². The van der Waals surface area contributed by atoms with E-state index in [0.717, 1.165) is 10.8 Å². The fourth-order valence-electron chi connectivity index (χ4n) is 1.33. The van der Waals surface area contributed by atoms with Crippen LogP contribution in [0.5, 0.6) is 0 Å². The number of nitrogens with one attached hydrogen (secondary N) is 1. The Hall–Kier alpha value is -0.590. The summed E-state index contributed by atoms with van der Waals surface area (Å²) >= 11 is 3.22. The highest BCUT2D eigenvalue weighted by molar-refractivity contribution is 7.99. The molecule has 1 fully saturated rings. The van der Waals surface area contributed by atoms with Gasteiger partial charge in [0.25, 0.3) is 0 Å². The number of hydrogen-bond donors (Lipinski definition) is 2. The molecule has 1 aliphatic rings. The Balaban J connectivity index is 2.04. The van der Waals surface area contributed by atoms with Crippen molar-refractivity contribution in [1.82, 2.24) is 10.3 Å². The van der Waals surface area contributed by atoms with Crippen LogP contribution in [0.1, 0.15) is 11.0 Å². The van der Waals surface area contributed by atoms with Crippen molar-refractivity contribution in [3.8, 4) is 0 Å². The molecule has 2 rings (SSSR count). The Morgan fingerprint density at radius 2 is 2.50 bits per heavy atom. The van der Waals surface area contributed by atoms with Gasteiger partial charge in [0.05, 0.1) is 6.04 Å². The van der Waals surface area contributed by atoms with Gasteiger partial charge in [-0.05, 0) is 0 Å². The first-order valence-electron chi connectivity index (χ1n) is 4.23. The quantitative estimate of drug-likeness (QED) is 0.793. The minimum atomic E-state index is -0.779. The molecule has 0 bridgehead atoms. The lowest BCUT2D eigenvalue weighted by Crippen LogP contribution is -2.45. The molecule has 1 saturated heterocycles. The smallest absolute Gasteiger partial charge is 0.321 e. The summed E-state index contributed by atoms with van der Waals surface area (Å²) in [6.07, 6.45) is 1.75. The molecule has 6 heteroatoms. The number of aliphatic carboxylic acids is 1. The Bertz CT molecular complexity index is 315. The van der Waals surface area contributed by atoms with Gasteiger partial charge in [-0.2, -0.15) is 11.8 Å². The molecule has 1 aliphatic heterocycles. The zero-order valence-electron chi connectivity index (χ0n) is 7.34. The predicted octanol–water partition coefficient (Wildman–Crippen LogP) is 0.974. The van der Waals surface area contributed by atoms with Crippen molar-refractivity contribution in [2.45, 2.75) is 12.1 Å². The van der Waals surface area contributed by atoms with E-state index in [4.69, 9.17) is 5.11 Å². The van der Waals surface area contributed by atoms with Crippen molar-refractivity contribution in [1.29, 1.82) is 0 Å². The number of thiazole rings is 1. The molecule has 0 amide bonds. The molecular weight excluding hydrogens is 220 g/mol. The van der Waals surface area contributed by atoms with Crippen LogP contribution in [0.15, 0.2) is 11.6 Å². The van der Waals surface area contributed by atoms with E-state index < -0.39 is 12.0 Å². The summed E-state index contributed by atoms with van der Waals surface area (Å²) in [5, 5.41) is 14.8. The van der Waals surface area contributed by atoms with Crippen molar-refractivity contribution in [3.05, 3.63) is 16.6 Å². The van der Waals surface area contributed by atoms with E-state index in [-0.39, 0.29) is 6.04 Å². The molecule has 0 saturated carbocycles. The van der Waals surface area contributed by atoms with Crippen LogP contribution in [-0.4, -0.2) is 33.6 Å². The summed E-state index contributed by atoms with van der Waals surface area (Å²) in [5.74, 6) is 0.757. The summed E-state index contributed by atoms with van der Waals surface area (Å²) in [6, 6.07) is -0.350. The highest BCUT2D eigenvalue weighted by atomic mass is 32.2. The fraction of sp³-hybridized carbons (Fsp3) is 0.500. The zero-order valence-corrected chi connectivity index (χ0v) is 8.98. The van der Waals surface area contributed by atoms with E-state index in [1.165, 1.54) is 0 Å². The lowest BCUT2D eigenvalue weighted by molar-refractivity contribution is -0.139. The first kappa shape index (κ1) is 9.95. The number of carbonyl (C=O) groups is 1. The molecule has 1 aromatic heterocycles. The molecule has 4 nitrogen and oxygen atoms in total. The lowest BCUT2D eigenvalue weighted by atomic mass is 10.2. The van der Waals surface area contributed by atoms with Crippen molar-refractivity contribution < 1.29 is 9.90 Å². The number of thioether (sulfide) groups is 1. The van der Waals surface area contributed by atoms with Crippen LogP contribution < -0.4 is 5.32 Å². The maximum Gasteiger partial charge on any atom is 0.321 e. The Morgan fingerprint density at radius 3 is 3.14 bits per heavy atom. The van der Waals surface area contributed by atoms with Crippen LogP contribution in [0, 0.1) is 0 Å². The van der Waals surface area contributed by atoms with Crippen LogP contribution >= 0.6 is 23.1 Å². The summed E-state index contributed by atoms with van der Waals surface area (Å²) in [6.45, 7) is 0. The van der Waals surface area contributed by atoms with E-state index in [1.807, 2.05) is 5.38 Å². The third-order valence-electron chi connectivity index (χ3n) is 2.02. The van der Waals surface area contributed by atoms with Crippen LogP contribution in [0.25, 0.3) is 0 Å². The zero-order chi connectivity index (χ0) is 9.97. The van der Waals surface area contributed by atoms with E-state index in [9.17, 15) is 4.79 Å². The second kappa shape index (κ2) is 4.29. The molecule has 0 aromatic carbocycles. The van der Waals surface area contributed by atoms with E-state index >= 15 is 0 Å². The maximum atomic E-state index is 10.8. The third kappa shape index (κ3) is 2.08. The van der Waals surface area contributed by atoms with Gasteiger partial charge in [0.2, 0.25) is 0 Å². The molecule has 76 valence electrons. The maximum absolute atomic E-state index is 10.8. The second-order valence-electron chi connectivity index (χ2n) is 3.02. The third-order valence-corrected chi connectivity index (χ3v) is 4.05. The fourth-order valence-corrected chi connectivity index (χ4v) is 3.24. The molecule has 0 aliphatic carbocycles. The average molecular weight is 230 g/mol. The summed E-state index contributed by atoms with van der Waals surface area (Å²) in [7, 11) is 0. The SMILES string of the molecule is O=C(O)C1CSCC(c2nccs2)N1.